The van der Waals surface area contributed by atoms with E-state index < -0.39 is 5.60 Å². The zero-order chi connectivity index (χ0) is 11.8. The van der Waals surface area contributed by atoms with Gasteiger partial charge in [-0.3, -0.25) is 0 Å². The van der Waals surface area contributed by atoms with E-state index >= 15 is 0 Å². The first-order chi connectivity index (χ1) is 7.52. The fraction of sp³-hybridized carbons (Fsp3) is 0.500. The number of nitrogens with zero attached hydrogens (tertiary/aromatic N) is 1. The van der Waals surface area contributed by atoms with Crippen LogP contribution in [-0.4, -0.2) is 23.8 Å². The molecule has 88 valence electrons. The Balaban J connectivity index is 2.22. The minimum atomic E-state index is -0.709. The van der Waals surface area contributed by atoms with Gasteiger partial charge in [0.15, 0.2) is 0 Å². The van der Waals surface area contributed by atoms with Gasteiger partial charge in [-0.15, -0.1) is 0 Å². The van der Waals surface area contributed by atoms with Gasteiger partial charge in [0.1, 0.15) is 5.82 Å². The van der Waals surface area contributed by atoms with Crippen LogP contribution in [0.5, 0.6) is 0 Å². The summed E-state index contributed by atoms with van der Waals surface area (Å²) in [5.41, 5.74) is 6.07. The highest BCUT2D eigenvalue weighted by molar-refractivity contribution is 5.50. The number of aliphatic hydroxyl groups is 1. The van der Waals surface area contributed by atoms with Crippen molar-refractivity contribution < 1.29 is 9.50 Å². The topological polar surface area (TPSA) is 49.5 Å². The predicted octanol–water partition coefficient (Wildman–Crippen LogP) is 1.25. The second-order valence-corrected chi connectivity index (χ2v) is 4.66. The molecule has 1 saturated heterocycles. The second-order valence-electron chi connectivity index (χ2n) is 4.66. The minimum Gasteiger partial charge on any atom is -0.388 e. The number of anilines is 1. The molecule has 1 unspecified atom stereocenters. The SMILES string of the molecule is CC1(O)CCN(c2ccc(CN)cc2F)C1. The predicted molar refractivity (Wildman–Crippen MR) is 61.7 cm³/mol. The highest BCUT2D eigenvalue weighted by Crippen LogP contribution is 2.28. The molecule has 0 amide bonds. The van der Waals surface area contributed by atoms with Gasteiger partial charge < -0.3 is 15.7 Å². The standard InChI is InChI=1S/C12H17FN2O/c1-12(16)4-5-15(8-12)11-3-2-9(7-14)6-10(11)13/h2-3,6,16H,4-5,7-8,14H2,1H3. The van der Waals surface area contributed by atoms with Crippen LogP contribution >= 0.6 is 0 Å². The summed E-state index contributed by atoms with van der Waals surface area (Å²) in [5, 5.41) is 9.83. The van der Waals surface area contributed by atoms with E-state index in [2.05, 4.69) is 0 Å². The lowest BCUT2D eigenvalue weighted by atomic mass is 10.1. The first-order valence-electron chi connectivity index (χ1n) is 5.48. The zero-order valence-electron chi connectivity index (χ0n) is 9.41. The molecule has 0 spiro atoms. The summed E-state index contributed by atoms with van der Waals surface area (Å²) >= 11 is 0. The van der Waals surface area contributed by atoms with Crippen LogP contribution in [0.25, 0.3) is 0 Å². The van der Waals surface area contributed by atoms with Gasteiger partial charge >= 0.3 is 0 Å². The Morgan fingerprint density at radius 1 is 1.56 bits per heavy atom. The van der Waals surface area contributed by atoms with Crippen molar-refractivity contribution in [2.75, 3.05) is 18.0 Å². The molecule has 0 aromatic heterocycles. The van der Waals surface area contributed by atoms with E-state index in [1.165, 1.54) is 6.07 Å². The van der Waals surface area contributed by atoms with Gasteiger partial charge in [-0.25, -0.2) is 4.39 Å². The monoisotopic (exact) mass is 224 g/mol. The number of benzene rings is 1. The van der Waals surface area contributed by atoms with Crippen LogP contribution in [0.2, 0.25) is 0 Å². The summed E-state index contributed by atoms with van der Waals surface area (Å²) < 4.78 is 13.8. The number of halogens is 1. The largest absolute Gasteiger partial charge is 0.388 e. The maximum atomic E-state index is 13.8. The molecule has 1 aromatic rings. The Kier molecular flexibility index (Phi) is 2.86. The molecule has 0 saturated carbocycles. The van der Waals surface area contributed by atoms with Crippen molar-refractivity contribution in [2.45, 2.75) is 25.5 Å². The third-order valence-electron chi connectivity index (χ3n) is 3.04. The normalized spacial score (nSPS) is 25.1. The average molecular weight is 224 g/mol. The van der Waals surface area contributed by atoms with Crippen LogP contribution in [0, 0.1) is 5.82 Å². The summed E-state index contributed by atoms with van der Waals surface area (Å²) in [5.74, 6) is -0.263. The van der Waals surface area contributed by atoms with Gasteiger partial charge in [0, 0.05) is 19.6 Å². The van der Waals surface area contributed by atoms with E-state index in [9.17, 15) is 9.50 Å². The Morgan fingerprint density at radius 2 is 2.31 bits per heavy atom. The number of nitrogens with two attached hydrogens (primary N) is 1. The molecule has 0 radical (unpaired) electrons. The Hall–Kier alpha value is -1.13. The molecule has 1 atom stereocenters. The van der Waals surface area contributed by atoms with Gasteiger partial charge in [-0.1, -0.05) is 6.07 Å². The molecule has 1 heterocycles. The first-order valence-corrected chi connectivity index (χ1v) is 5.48. The second kappa shape index (κ2) is 4.03. The number of hydrogen-bond donors (Lipinski definition) is 2. The number of rotatable bonds is 2. The molecule has 0 bridgehead atoms. The van der Waals surface area contributed by atoms with E-state index in [1.54, 1.807) is 13.0 Å². The summed E-state index contributed by atoms with van der Waals surface area (Å²) in [6.07, 6.45) is 0.672. The van der Waals surface area contributed by atoms with Crippen molar-refractivity contribution in [3.05, 3.63) is 29.6 Å². The summed E-state index contributed by atoms with van der Waals surface area (Å²) in [6, 6.07) is 5.02. The van der Waals surface area contributed by atoms with E-state index in [4.69, 9.17) is 5.73 Å². The van der Waals surface area contributed by atoms with Crippen LogP contribution in [-0.2, 0) is 6.54 Å². The molecular formula is C12H17FN2O. The van der Waals surface area contributed by atoms with E-state index in [-0.39, 0.29) is 5.82 Å². The first kappa shape index (κ1) is 11.4. The molecule has 0 aliphatic carbocycles. The Labute approximate surface area is 94.7 Å². The van der Waals surface area contributed by atoms with Crippen molar-refractivity contribution in [1.82, 2.24) is 0 Å². The fourth-order valence-corrected chi connectivity index (χ4v) is 2.08. The molecular weight excluding hydrogens is 207 g/mol. The van der Waals surface area contributed by atoms with Crippen LogP contribution in [0.15, 0.2) is 18.2 Å². The van der Waals surface area contributed by atoms with Gasteiger partial charge in [0.2, 0.25) is 0 Å². The van der Waals surface area contributed by atoms with Gasteiger partial charge in [-0.05, 0) is 31.0 Å². The Morgan fingerprint density at radius 3 is 2.81 bits per heavy atom. The van der Waals surface area contributed by atoms with E-state index in [0.29, 0.717) is 31.7 Å². The van der Waals surface area contributed by atoms with Crippen molar-refractivity contribution in [2.24, 2.45) is 5.73 Å². The third-order valence-corrected chi connectivity index (χ3v) is 3.04. The molecule has 1 aliphatic heterocycles. The van der Waals surface area contributed by atoms with Crippen molar-refractivity contribution in [3.8, 4) is 0 Å². The van der Waals surface area contributed by atoms with Crippen molar-refractivity contribution in [3.63, 3.8) is 0 Å². The van der Waals surface area contributed by atoms with E-state index in [0.717, 1.165) is 5.56 Å². The quantitative estimate of drug-likeness (QED) is 0.794. The smallest absolute Gasteiger partial charge is 0.146 e. The van der Waals surface area contributed by atoms with Gasteiger partial charge in [-0.2, -0.15) is 0 Å². The average Bonchev–Trinajstić information content (AvgIpc) is 2.58. The van der Waals surface area contributed by atoms with Crippen molar-refractivity contribution >= 4 is 5.69 Å². The van der Waals surface area contributed by atoms with Crippen LogP contribution in [0.4, 0.5) is 10.1 Å². The molecule has 3 N–H and O–H groups in total. The Bertz CT molecular complexity index is 393. The maximum absolute atomic E-state index is 13.8. The molecule has 1 fully saturated rings. The number of hydrogen-bond acceptors (Lipinski definition) is 3. The van der Waals surface area contributed by atoms with Gasteiger partial charge in [0.05, 0.1) is 11.3 Å². The highest BCUT2D eigenvalue weighted by Gasteiger charge is 2.32. The fourth-order valence-electron chi connectivity index (χ4n) is 2.08. The van der Waals surface area contributed by atoms with Crippen LogP contribution in [0.1, 0.15) is 18.9 Å². The van der Waals surface area contributed by atoms with Crippen LogP contribution in [0.3, 0.4) is 0 Å². The lowest BCUT2D eigenvalue weighted by Gasteiger charge is -2.21. The highest BCUT2D eigenvalue weighted by atomic mass is 19.1. The zero-order valence-corrected chi connectivity index (χ0v) is 9.41. The molecule has 1 aromatic carbocycles. The minimum absolute atomic E-state index is 0.263. The maximum Gasteiger partial charge on any atom is 0.146 e. The van der Waals surface area contributed by atoms with Crippen molar-refractivity contribution in [1.29, 1.82) is 0 Å². The molecule has 4 heteroatoms. The lowest BCUT2D eigenvalue weighted by Crippen LogP contribution is -2.30. The van der Waals surface area contributed by atoms with Gasteiger partial charge in [0.25, 0.3) is 0 Å². The summed E-state index contributed by atoms with van der Waals surface area (Å²) in [7, 11) is 0. The molecule has 16 heavy (non-hydrogen) atoms. The molecule has 1 aliphatic rings. The lowest BCUT2D eigenvalue weighted by molar-refractivity contribution is 0.0839. The third kappa shape index (κ3) is 2.18. The molecule has 3 nitrogen and oxygen atoms in total. The number of β-amino-alcohol motifs (C(OH)–C–C–N with tert-alkyl or cyclic N) is 1. The van der Waals surface area contributed by atoms with Crippen LogP contribution < -0.4 is 10.6 Å². The molecule has 2 rings (SSSR count). The summed E-state index contributed by atoms with van der Waals surface area (Å²) in [4.78, 5) is 1.87. The summed E-state index contributed by atoms with van der Waals surface area (Å²) in [6.45, 7) is 3.28. The van der Waals surface area contributed by atoms with E-state index in [1.807, 2.05) is 11.0 Å².